The van der Waals surface area contributed by atoms with Crippen LogP contribution >= 0.6 is 0 Å². The number of alkyl halides is 3. The van der Waals surface area contributed by atoms with E-state index in [1.54, 1.807) is 6.07 Å². The molecule has 0 aliphatic carbocycles. The molecule has 3 N–H and O–H groups in total. The Labute approximate surface area is 135 Å². The molecule has 4 nitrogen and oxygen atoms in total. The SMILES string of the molecule is N#CC1=C(N)Oc2cc(O)ccc2C1c1ccc(C(F)(F)F)cc1. The van der Waals surface area contributed by atoms with Gasteiger partial charge in [-0.1, -0.05) is 18.2 Å². The topological polar surface area (TPSA) is 79.3 Å². The Morgan fingerprint density at radius 3 is 2.38 bits per heavy atom. The van der Waals surface area contributed by atoms with Gasteiger partial charge in [-0.15, -0.1) is 0 Å². The van der Waals surface area contributed by atoms with Crippen molar-refractivity contribution in [2.45, 2.75) is 12.1 Å². The van der Waals surface area contributed by atoms with Gasteiger partial charge in [0.2, 0.25) is 5.88 Å². The van der Waals surface area contributed by atoms with Crippen LogP contribution in [0, 0.1) is 11.3 Å². The van der Waals surface area contributed by atoms with Gasteiger partial charge in [-0.25, -0.2) is 0 Å². The minimum absolute atomic E-state index is 0.0480. The molecule has 0 saturated heterocycles. The molecule has 1 aliphatic heterocycles. The summed E-state index contributed by atoms with van der Waals surface area (Å²) in [5, 5.41) is 18.9. The zero-order valence-electron chi connectivity index (χ0n) is 12.1. The monoisotopic (exact) mass is 332 g/mol. The summed E-state index contributed by atoms with van der Waals surface area (Å²) >= 11 is 0. The molecule has 24 heavy (non-hydrogen) atoms. The Hall–Kier alpha value is -3.14. The average Bonchev–Trinajstić information content (AvgIpc) is 2.52. The van der Waals surface area contributed by atoms with Gasteiger partial charge in [0.05, 0.1) is 11.5 Å². The van der Waals surface area contributed by atoms with Crippen LogP contribution in [0.1, 0.15) is 22.6 Å². The van der Waals surface area contributed by atoms with E-state index in [4.69, 9.17) is 10.5 Å². The number of nitriles is 1. The quantitative estimate of drug-likeness (QED) is 0.836. The van der Waals surface area contributed by atoms with Crippen molar-refractivity contribution < 1.29 is 23.0 Å². The Kier molecular flexibility index (Phi) is 3.60. The molecule has 0 fully saturated rings. The Balaban J connectivity index is 2.13. The smallest absolute Gasteiger partial charge is 0.416 e. The third-order valence-corrected chi connectivity index (χ3v) is 3.77. The van der Waals surface area contributed by atoms with Crippen molar-refractivity contribution in [2.75, 3.05) is 0 Å². The summed E-state index contributed by atoms with van der Waals surface area (Å²) in [4.78, 5) is 0. The number of fused-ring (bicyclic) bond motifs is 1. The minimum atomic E-state index is -4.44. The summed E-state index contributed by atoms with van der Waals surface area (Å²) in [6.07, 6.45) is -4.44. The van der Waals surface area contributed by atoms with Gasteiger partial charge in [0, 0.05) is 11.6 Å². The van der Waals surface area contributed by atoms with E-state index >= 15 is 0 Å². The maximum absolute atomic E-state index is 12.7. The maximum Gasteiger partial charge on any atom is 0.416 e. The molecule has 2 aromatic rings. The molecule has 3 rings (SSSR count). The van der Waals surface area contributed by atoms with E-state index in [1.165, 1.54) is 24.3 Å². The van der Waals surface area contributed by atoms with Crippen LogP contribution in [0.15, 0.2) is 53.9 Å². The molecule has 122 valence electrons. The van der Waals surface area contributed by atoms with Crippen LogP contribution in [0.25, 0.3) is 0 Å². The predicted octanol–water partition coefficient (Wildman–Crippen LogP) is 3.63. The first-order valence-corrected chi connectivity index (χ1v) is 6.89. The number of nitrogens with zero attached hydrogens (tertiary/aromatic N) is 1. The highest BCUT2D eigenvalue weighted by Crippen LogP contribution is 2.43. The zero-order chi connectivity index (χ0) is 17.5. The Bertz CT molecular complexity index is 865. The van der Waals surface area contributed by atoms with E-state index in [0.29, 0.717) is 11.1 Å². The van der Waals surface area contributed by atoms with Crippen LogP contribution in [0.5, 0.6) is 11.5 Å². The van der Waals surface area contributed by atoms with E-state index < -0.39 is 17.7 Å². The van der Waals surface area contributed by atoms with Crippen molar-refractivity contribution in [3.05, 3.63) is 70.6 Å². The summed E-state index contributed by atoms with van der Waals surface area (Å²) in [6.45, 7) is 0. The highest BCUT2D eigenvalue weighted by Gasteiger charge is 2.33. The molecule has 1 atom stereocenters. The molecule has 0 aromatic heterocycles. The summed E-state index contributed by atoms with van der Waals surface area (Å²) in [5.74, 6) is -0.591. The van der Waals surface area contributed by atoms with Crippen LogP contribution in [0.4, 0.5) is 13.2 Å². The van der Waals surface area contributed by atoms with E-state index in [0.717, 1.165) is 12.1 Å². The molecular weight excluding hydrogens is 321 g/mol. The number of hydrogen-bond acceptors (Lipinski definition) is 4. The molecular formula is C17H11F3N2O2. The number of phenolic OH excluding ortho intramolecular Hbond substituents is 1. The molecule has 0 saturated carbocycles. The second-order valence-electron chi connectivity index (χ2n) is 5.27. The number of aromatic hydroxyl groups is 1. The van der Waals surface area contributed by atoms with Crippen molar-refractivity contribution >= 4 is 0 Å². The van der Waals surface area contributed by atoms with E-state index in [-0.39, 0.29) is 23.0 Å². The number of rotatable bonds is 1. The second kappa shape index (κ2) is 5.49. The average molecular weight is 332 g/mol. The van der Waals surface area contributed by atoms with Gasteiger partial charge < -0.3 is 15.6 Å². The Morgan fingerprint density at radius 2 is 1.79 bits per heavy atom. The summed E-state index contributed by atoms with van der Waals surface area (Å²) in [5.41, 5.74) is 6.09. The van der Waals surface area contributed by atoms with Gasteiger partial charge >= 0.3 is 6.18 Å². The predicted molar refractivity (Wildman–Crippen MR) is 78.8 cm³/mol. The fourth-order valence-corrected chi connectivity index (χ4v) is 2.65. The molecule has 1 aliphatic rings. The molecule has 0 amide bonds. The molecule has 0 bridgehead atoms. The lowest BCUT2D eigenvalue weighted by atomic mass is 9.83. The van der Waals surface area contributed by atoms with Crippen LogP contribution in [-0.2, 0) is 6.18 Å². The van der Waals surface area contributed by atoms with Crippen molar-refractivity contribution in [1.82, 2.24) is 0 Å². The first-order chi connectivity index (χ1) is 11.3. The highest BCUT2D eigenvalue weighted by molar-refractivity contribution is 5.57. The van der Waals surface area contributed by atoms with Gasteiger partial charge in [-0.05, 0) is 23.8 Å². The van der Waals surface area contributed by atoms with E-state index in [2.05, 4.69) is 0 Å². The van der Waals surface area contributed by atoms with Gasteiger partial charge in [-0.3, -0.25) is 0 Å². The molecule has 1 heterocycles. The molecule has 7 heteroatoms. The third-order valence-electron chi connectivity index (χ3n) is 3.77. The Morgan fingerprint density at radius 1 is 1.12 bits per heavy atom. The number of ether oxygens (including phenoxy) is 1. The first-order valence-electron chi connectivity index (χ1n) is 6.89. The number of nitrogens with two attached hydrogens (primary N) is 1. The summed E-state index contributed by atoms with van der Waals surface area (Å²) in [6, 6.07) is 10.8. The largest absolute Gasteiger partial charge is 0.508 e. The molecule has 0 radical (unpaired) electrons. The minimum Gasteiger partial charge on any atom is -0.508 e. The third kappa shape index (κ3) is 2.63. The van der Waals surface area contributed by atoms with Crippen molar-refractivity contribution in [1.29, 1.82) is 5.26 Å². The summed E-state index contributed by atoms with van der Waals surface area (Å²) in [7, 11) is 0. The number of benzene rings is 2. The van der Waals surface area contributed by atoms with Crippen LogP contribution in [0.3, 0.4) is 0 Å². The van der Waals surface area contributed by atoms with Crippen LogP contribution in [0.2, 0.25) is 0 Å². The van der Waals surface area contributed by atoms with Crippen LogP contribution in [-0.4, -0.2) is 5.11 Å². The number of halogens is 3. The van der Waals surface area contributed by atoms with Crippen molar-refractivity contribution in [2.24, 2.45) is 5.73 Å². The fourth-order valence-electron chi connectivity index (χ4n) is 2.65. The first kappa shape index (κ1) is 15.7. The van der Waals surface area contributed by atoms with Gasteiger partial charge in [0.15, 0.2) is 0 Å². The lowest BCUT2D eigenvalue weighted by Gasteiger charge is -2.26. The highest BCUT2D eigenvalue weighted by atomic mass is 19.4. The molecule has 0 spiro atoms. The lowest BCUT2D eigenvalue weighted by molar-refractivity contribution is -0.137. The van der Waals surface area contributed by atoms with Gasteiger partial charge in [0.25, 0.3) is 0 Å². The standard InChI is InChI=1S/C17H11F3N2O2/c18-17(19,20)10-3-1-9(2-4-10)15-12-6-5-11(23)7-14(12)24-16(22)13(15)8-21/h1-7,15,23H,22H2. The maximum atomic E-state index is 12.7. The fraction of sp³-hybridized carbons (Fsp3) is 0.118. The second-order valence-corrected chi connectivity index (χ2v) is 5.27. The van der Waals surface area contributed by atoms with Gasteiger partial charge in [-0.2, -0.15) is 18.4 Å². The van der Waals surface area contributed by atoms with Crippen molar-refractivity contribution in [3.63, 3.8) is 0 Å². The van der Waals surface area contributed by atoms with Crippen LogP contribution < -0.4 is 10.5 Å². The molecule has 2 aromatic carbocycles. The van der Waals surface area contributed by atoms with Crippen molar-refractivity contribution in [3.8, 4) is 17.6 Å². The zero-order valence-corrected chi connectivity index (χ0v) is 12.1. The van der Waals surface area contributed by atoms with Gasteiger partial charge in [0.1, 0.15) is 23.1 Å². The van der Waals surface area contributed by atoms with E-state index in [1.807, 2.05) is 6.07 Å². The summed E-state index contributed by atoms with van der Waals surface area (Å²) < 4.78 is 43.5. The molecule has 1 unspecified atom stereocenters. The van der Waals surface area contributed by atoms with E-state index in [9.17, 15) is 23.5 Å². The number of phenols is 1. The number of allylic oxidation sites excluding steroid dienone is 1. The number of hydrogen-bond donors (Lipinski definition) is 2. The lowest BCUT2D eigenvalue weighted by Crippen LogP contribution is -2.21. The normalized spacial score (nSPS) is 17.0.